The number of amides is 1. The molecule has 0 radical (unpaired) electrons. The number of hydrogen-bond donors (Lipinski definition) is 0. The highest BCUT2D eigenvalue weighted by Crippen LogP contribution is 2.27. The second-order valence-corrected chi connectivity index (χ2v) is 7.85. The van der Waals surface area contributed by atoms with Crippen molar-refractivity contribution >= 4 is 17.7 Å². The van der Waals surface area contributed by atoms with Gasteiger partial charge in [0.1, 0.15) is 0 Å². The molecule has 144 valence electrons. The average Bonchev–Trinajstić information content (AvgIpc) is 3.05. The fraction of sp³-hybridized carbons (Fsp3) is 0.333. The van der Waals surface area contributed by atoms with E-state index in [1.54, 1.807) is 16.4 Å². The molecule has 1 aromatic heterocycles. The average molecular weight is 394 g/mol. The third kappa shape index (κ3) is 4.25. The number of thioether (sulfide) groups is 1. The highest BCUT2D eigenvalue weighted by molar-refractivity contribution is 7.98. The third-order valence-corrected chi connectivity index (χ3v) is 5.97. The molecule has 28 heavy (non-hydrogen) atoms. The summed E-state index contributed by atoms with van der Waals surface area (Å²) in [5.74, 6) is 1.48. The number of para-hydroxylation sites is 1. The van der Waals surface area contributed by atoms with Crippen LogP contribution in [0.1, 0.15) is 41.9 Å². The molecule has 1 amide bonds. The number of carbonyl (C=O) groups is 1. The van der Waals surface area contributed by atoms with Crippen LogP contribution < -0.4 is 0 Å². The lowest BCUT2D eigenvalue weighted by atomic mass is 10.2. The smallest absolute Gasteiger partial charge is 0.254 e. The number of hydrogen-bond acceptors (Lipinski definition) is 5. The van der Waals surface area contributed by atoms with Crippen LogP contribution in [0, 0.1) is 0 Å². The number of likely N-dealkylation sites (tertiary alicyclic amines) is 1. The standard InChI is InChI=1S/C21H23N5OS/c27-21(25-14-8-1-2-9-15-25)18-12-6-7-13-19(18)28-16-20-22-23-24-26(20)17-10-4-3-5-11-17/h3-7,10-13H,1-2,8-9,14-16H2. The van der Waals surface area contributed by atoms with E-state index >= 15 is 0 Å². The summed E-state index contributed by atoms with van der Waals surface area (Å²) in [6.45, 7) is 1.70. The maximum atomic E-state index is 13.1. The molecule has 0 aliphatic carbocycles. The van der Waals surface area contributed by atoms with E-state index in [0.717, 1.165) is 47.9 Å². The van der Waals surface area contributed by atoms with E-state index in [4.69, 9.17) is 0 Å². The minimum atomic E-state index is 0.132. The molecule has 7 heteroatoms. The van der Waals surface area contributed by atoms with Crippen LogP contribution in [0.15, 0.2) is 59.5 Å². The molecule has 0 spiro atoms. The first kappa shape index (κ1) is 18.7. The van der Waals surface area contributed by atoms with Crippen LogP contribution >= 0.6 is 11.8 Å². The van der Waals surface area contributed by atoms with E-state index in [0.29, 0.717) is 5.75 Å². The van der Waals surface area contributed by atoms with Gasteiger partial charge in [0.2, 0.25) is 0 Å². The van der Waals surface area contributed by atoms with Crippen molar-refractivity contribution in [2.24, 2.45) is 0 Å². The lowest BCUT2D eigenvalue weighted by Crippen LogP contribution is -2.32. The highest BCUT2D eigenvalue weighted by Gasteiger charge is 2.20. The summed E-state index contributed by atoms with van der Waals surface area (Å²) in [5.41, 5.74) is 1.70. The van der Waals surface area contributed by atoms with Crippen LogP contribution in [0.4, 0.5) is 0 Å². The Labute approximate surface area is 168 Å². The van der Waals surface area contributed by atoms with Crippen LogP contribution in [-0.4, -0.2) is 44.1 Å². The monoisotopic (exact) mass is 393 g/mol. The van der Waals surface area contributed by atoms with E-state index in [9.17, 15) is 4.79 Å². The number of tetrazole rings is 1. The van der Waals surface area contributed by atoms with Crippen molar-refractivity contribution in [2.45, 2.75) is 36.3 Å². The number of benzene rings is 2. The fourth-order valence-electron chi connectivity index (χ4n) is 3.42. The topological polar surface area (TPSA) is 63.9 Å². The van der Waals surface area contributed by atoms with Crippen molar-refractivity contribution < 1.29 is 4.79 Å². The number of carbonyl (C=O) groups excluding carboxylic acids is 1. The first-order chi connectivity index (χ1) is 13.8. The van der Waals surface area contributed by atoms with Gasteiger partial charge in [0.25, 0.3) is 5.91 Å². The van der Waals surface area contributed by atoms with Crippen LogP contribution in [0.25, 0.3) is 5.69 Å². The van der Waals surface area contributed by atoms with Gasteiger partial charge in [-0.05, 0) is 47.5 Å². The predicted molar refractivity (Wildman–Crippen MR) is 110 cm³/mol. The normalized spacial score (nSPS) is 14.6. The number of aromatic nitrogens is 4. The van der Waals surface area contributed by atoms with Crippen molar-refractivity contribution in [2.75, 3.05) is 13.1 Å². The Morgan fingerprint density at radius 1 is 0.929 bits per heavy atom. The summed E-state index contributed by atoms with van der Waals surface area (Å²) in [6.07, 6.45) is 4.60. The Kier molecular flexibility index (Phi) is 6.01. The summed E-state index contributed by atoms with van der Waals surface area (Å²) in [5, 5.41) is 12.1. The summed E-state index contributed by atoms with van der Waals surface area (Å²) < 4.78 is 1.74. The molecule has 6 nitrogen and oxygen atoms in total. The third-order valence-electron chi connectivity index (χ3n) is 4.90. The zero-order valence-electron chi connectivity index (χ0n) is 15.7. The zero-order chi connectivity index (χ0) is 19.2. The molecule has 1 saturated heterocycles. The summed E-state index contributed by atoms with van der Waals surface area (Å²) in [7, 11) is 0. The molecule has 1 aliphatic rings. The van der Waals surface area contributed by atoms with E-state index in [2.05, 4.69) is 15.5 Å². The Hall–Kier alpha value is -2.67. The number of rotatable bonds is 5. The molecule has 1 fully saturated rings. The zero-order valence-corrected chi connectivity index (χ0v) is 16.5. The number of nitrogens with zero attached hydrogens (tertiary/aromatic N) is 5. The van der Waals surface area contributed by atoms with E-state index in [-0.39, 0.29) is 5.91 Å². The first-order valence-corrected chi connectivity index (χ1v) is 10.7. The fourth-order valence-corrected chi connectivity index (χ4v) is 4.37. The Morgan fingerprint density at radius 2 is 1.64 bits per heavy atom. The molecule has 0 N–H and O–H groups in total. The molecule has 1 aliphatic heterocycles. The van der Waals surface area contributed by atoms with Gasteiger partial charge in [-0.3, -0.25) is 4.79 Å². The molecule has 2 heterocycles. The lowest BCUT2D eigenvalue weighted by Gasteiger charge is -2.21. The van der Waals surface area contributed by atoms with Crippen molar-refractivity contribution in [1.82, 2.24) is 25.1 Å². The van der Waals surface area contributed by atoms with Gasteiger partial charge < -0.3 is 4.90 Å². The molecule has 0 bridgehead atoms. The maximum Gasteiger partial charge on any atom is 0.254 e. The largest absolute Gasteiger partial charge is 0.339 e. The van der Waals surface area contributed by atoms with Crippen LogP contribution in [0.5, 0.6) is 0 Å². The maximum absolute atomic E-state index is 13.1. The van der Waals surface area contributed by atoms with E-state index < -0.39 is 0 Å². The quantitative estimate of drug-likeness (QED) is 0.614. The lowest BCUT2D eigenvalue weighted by molar-refractivity contribution is 0.0758. The molecule has 0 atom stereocenters. The Bertz CT molecular complexity index is 919. The van der Waals surface area contributed by atoms with E-state index in [1.165, 1.54) is 12.8 Å². The first-order valence-electron chi connectivity index (χ1n) is 9.67. The second-order valence-electron chi connectivity index (χ2n) is 6.83. The van der Waals surface area contributed by atoms with Gasteiger partial charge in [-0.25, -0.2) is 0 Å². The molecule has 2 aromatic carbocycles. The van der Waals surface area contributed by atoms with Crippen molar-refractivity contribution in [1.29, 1.82) is 0 Å². The highest BCUT2D eigenvalue weighted by atomic mass is 32.2. The SMILES string of the molecule is O=C(c1ccccc1SCc1nnnn1-c1ccccc1)N1CCCCCC1. The van der Waals surface area contributed by atoms with Crippen LogP contribution in [0.3, 0.4) is 0 Å². The molecular weight excluding hydrogens is 370 g/mol. The van der Waals surface area contributed by atoms with Crippen molar-refractivity contribution in [3.8, 4) is 5.69 Å². The molecule has 0 unspecified atom stereocenters. The summed E-state index contributed by atoms with van der Waals surface area (Å²) in [4.78, 5) is 16.1. The van der Waals surface area contributed by atoms with Gasteiger partial charge in [0.05, 0.1) is 17.0 Å². The molecule has 0 saturated carbocycles. The minimum absolute atomic E-state index is 0.132. The van der Waals surface area contributed by atoms with Crippen LogP contribution in [0.2, 0.25) is 0 Å². The second kappa shape index (κ2) is 9.01. The Morgan fingerprint density at radius 3 is 2.43 bits per heavy atom. The van der Waals surface area contributed by atoms with Gasteiger partial charge >= 0.3 is 0 Å². The van der Waals surface area contributed by atoms with Crippen LogP contribution in [-0.2, 0) is 5.75 Å². The summed E-state index contributed by atoms with van der Waals surface area (Å²) in [6, 6.07) is 17.7. The van der Waals surface area contributed by atoms with Gasteiger partial charge in [0.15, 0.2) is 5.82 Å². The minimum Gasteiger partial charge on any atom is -0.339 e. The molecule has 4 rings (SSSR count). The van der Waals surface area contributed by atoms with Gasteiger partial charge in [-0.15, -0.1) is 16.9 Å². The van der Waals surface area contributed by atoms with E-state index in [1.807, 2.05) is 59.5 Å². The van der Waals surface area contributed by atoms with Crippen molar-refractivity contribution in [3.05, 3.63) is 66.0 Å². The van der Waals surface area contributed by atoms with Gasteiger partial charge in [-0.1, -0.05) is 43.2 Å². The van der Waals surface area contributed by atoms with Gasteiger partial charge in [-0.2, -0.15) is 4.68 Å². The predicted octanol–water partition coefficient (Wildman–Crippen LogP) is 3.97. The Balaban J connectivity index is 1.51. The van der Waals surface area contributed by atoms with Crippen molar-refractivity contribution in [3.63, 3.8) is 0 Å². The van der Waals surface area contributed by atoms with Gasteiger partial charge in [0, 0.05) is 18.0 Å². The summed E-state index contributed by atoms with van der Waals surface area (Å²) >= 11 is 1.60. The molecular formula is C21H23N5OS. The molecule has 3 aromatic rings.